The van der Waals surface area contributed by atoms with E-state index in [0.717, 1.165) is 26.7 Å². The van der Waals surface area contributed by atoms with Crippen molar-refractivity contribution >= 4 is 33.3 Å². The summed E-state index contributed by atoms with van der Waals surface area (Å²) >= 11 is 1.63. The fourth-order valence-corrected chi connectivity index (χ4v) is 2.88. The molecule has 23 heavy (non-hydrogen) atoms. The number of amides is 2. The maximum Gasteiger partial charge on any atom is 0.321 e. The second-order valence-corrected chi connectivity index (χ2v) is 6.33. The van der Waals surface area contributed by atoms with Crippen LogP contribution in [0, 0.1) is 0 Å². The Kier molecular flexibility index (Phi) is 4.43. The molecule has 0 saturated carbocycles. The van der Waals surface area contributed by atoms with Crippen molar-refractivity contribution in [3.8, 4) is 5.75 Å². The number of hydrogen-bond donors (Lipinski definition) is 1. The highest BCUT2D eigenvalue weighted by atomic mass is 32.1. The quantitative estimate of drug-likeness (QED) is 0.789. The summed E-state index contributed by atoms with van der Waals surface area (Å²) in [5.41, 5.74) is 1.73. The fraction of sp³-hybridized carbons (Fsp3) is 0.176. The van der Waals surface area contributed by atoms with Crippen molar-refractivity contribution in [2.75, 3.05) is 19.4 Å². The minimum absolute atomic E-state index is 0.159. The molecule has 1 aromatic heterocycles. The summed E-state index contributed by atoms with van der Waals surface area (Å²) in [5.74, 6) is 0.743. The van der Waals surface area contributed by atoms with Crippen molar-refractivity contribution in [2.45, 2.75) is 6.61 Å². The van der Waals surface area contributed by atoms with Gasteiger partial charge < -0.3 is 15.0 Å². The normalized spacial score (nSPS) is 10.5. The number of ether oxygens (including phenoxy) is 1. The minimum atomic E-state index is -0.159. The van der Waals surface area contributed by atoms with Crippen LogP contribution in [0.3, 0.4) is 0 Å². The van der Waals surface area contributed by atoms with Gasteiger partial charge >= 0.3 is 6.03 Å². The molecule has 0 unspecified atom stereocenters. The van der Waals surface area contributed by atoms with E-state index in [-0.39, 0.29) is 6.03 Å². The zero-order valence-corrected chi connectivity index (χ0v) is 13.8. The summed E-state index contributed by atoms with van der Waals surface area (Å²) < 4.78 is 6.91. The molecule has 0 aliphatic rings. The molecule has 3 aromatic rings. The molecule has 0 fully saturated rings. The Hall–Kier alpha value is -2.60. The van der Waals surface area contributed by atoms with Gasteiger partial charge in [0.2, 0.25) is 0 Å². The molecular formula is C17H17N3O2S. The van der Waals surface area contributed by atoms with Gasteiger partial charge in [-0.05, 0) is 36.4 Å². The number of nitrogens with zero attached hydrogens (tertiary/aromatic N) is 2. The zero-order valence-electron chi connectivity index (χ0n) is 12.9. The van der Waals surface area contributed by atoms with Gasteiger partial charge in [-0.15, -0.1) is 11.3 Å². The number of aromatic nitrogens is 1. The Bertz CT molecular complexity index is 779. The van der Waals surface area contributed by atoms with Gasteiger partial charge in [0.15, 0.2) is 0 Å². The van der Waals surface area contributed by atoms with E-state index < -0.39 is 0 Å². The average Bonchev–Trinajstić information content (AvgIpc) is 2.97. The Morgan fingerprint density at radius 1 is 1.17 bits per heavy atom. The molecule has 6 heteroatoms. The number of carbonyl (C=O) groups is 1. The van der Waals surface area contributed by atoms with Crippen molar-refractivity contribution < 1.29 is 9.53 Å². The second-order valence-electron chi connectivity index (χ2n) is 5.21. The van der Waals surface area contributed by atoms with Crippen LogP contribution >= 0.6 is 11.3 Å². The summed E-state index contributed by atoms with van der Waals surface area (Å²) in [6.45, 7) is 0.433. The zero-order chi connectivity index (χ0) is 16.2. The standard InChI is InChI=1S/C17H17N3O2S/c1-20(2)17(21)18-12-7-9-13(10-8-12)22-11-16-19-14-5-3-4-6-15(14)23-16/h3-10H,11H2,1-2H3,(H,18,21). The summed E-state index contributed by atoms with van der Waals surface area (Å²) in [4.78, 5) is 17.6. The van der Waals surface area contributed by atoms with Crippen LogP contribution in [0.4, 0.5) is 10.5 Å². The van der Waals surface area contributed by atoms with E-state index in [2.05, 4.69) is 16.4 Å². The number of nitrogens with one attached hydrogen (secondary N) is 1. The van der Waals surface area contributed by atoms with Gasteiger partial charge in [-0.1, -0.05) is 12.1 Å². The van der Waals surface area contributed by atoms with E-state index in [0.29, 0.717) is 6.61 Å². The first-order chi connectivity index (χ1) is 11.1. The summed E-state index contributed by atoms with van der Waals surface area (Å²) in [7, 11) is 3.40. The summed E-state index contributed by atoms with van der Waals surface area (Å²) in [5, 5.41) is 3.72. The molecule has 118 valence electrons. The molecule has 1 heterocycles. The van der Waals surface area contributed by atoms with Crippen molar-refractivity contribution in [2.24, 2.45) is 0 Å². The van der Waals surface area contributed by atoms with Crippen LogP contribution in [0.25, 0.3) is 10.2 Å². The molecule has 0 radical (unpaired) electrons. The van der Waals surface area contributed by atoms with E-state index >= 15 is 0 Å². The van der Waals surface area contributed by atoms with Gasteiger partial charge in [-0.25, -0.2) is 9.78 Å². The average molecular weight is 327 g/mol. The highest BCUT2D eigenvalue weighted by Gasteiger charge is 2.06. The molecule has 2 aromatic carbocycles. The van der Waals surface area contributed by atoms with Crippen LogP contribution in [0.1, 0.15) is 5.01 Å². The lowest BCUT2D eigenvalue weighted by Crippen LogP contribution is -2.27. The van der Waals surface area contributed by atoms with Crippen molar-refractivity contribution in [3.05, 3.63) is 53.5 Å². The van der Waals surface area contributed by atoms with E-state index in [9.17, 15) is 4.79 Å². The van der Waals surface area contributed by atoms with Gasteiger partial charge in [-0.2, -0.15) is 0 Å². The van der Waals surface area contributed by atoms with E-state index in [1.165, 1.54) is 4.90 Å². The molecule has 0 atom stereocenters. The number of fused-ring (bicyclic) bond motifs is 1. The lowest BCUT2D eigenvalue weighted by atomic mass is 10.3. The smallest absolute Gasteiger partial charge is 0.321 e. The predicted octanol–water partition coefficient (Wildman–Crippen LogP) is 3.97. The van der Waals surface area contributed by atoms with Gasteiger partial charge in [-0.3, -0.25) is 0 Å². The number of urea groups is 1. The Morgan fingerprint density at radius 2 is 1.91 bits per heavy atom. The van der Waals surface area contributed by atoms with Crippen LogP contribution in [0.5, 0.6) is 5.75 Å². The highest BCUT2D eigenvalue weighted by molar-refractivity contribution is 7.18. The van der Waals surface area contributed by atoms with Gasteiger partial charge in [0, 0.05) is 19.8 Å². The number of para-hydroxylation sites is 1. The molecule has 0 aliphatic carbocycles. The largest absolute Gasteiger partial charge is 0.486 e. The number of hydrogen-bond acceptors (Lipinski definition) is 4. The van der Waals surface area contributed by atoms with E-state index in [1.54, 1.807) is 25.4 Å². The number of rotatable bonds is 4. The molecule has 5 nitrogen and oxygen atoms in total. The number of carbonyl (C=O) groups excluding carboxylic acids is 1. The third kappa shape index (κ3) is 3.78. The second kappa shape index (κ2) is 6.66. The maximum absolute atomic E-state index is 11.6. The number of thiazole rings is 1. The Morgan fingerprint density at radius 3 is 2.61 bits per heavy atom. The van der Waals surface area contributed by atoms with Crippen LogP contribution in [0.2, 0.25) is 0 Å². The molecule has 0 bridgehead atoms. The lowest BCUT2D eigenvalue weighted by Gasteiger charge is -2.12. The highest BCUT2D eigenvalue weighted by Crippen LogP contribution is 2.23. The van der Waals surface area contributed by atoms with Crippen LogP contribution in [0.15, 0.2) is 48.5 Å². The Balaban J connectivity index is 1.61. The van der Waals surface area contributed by atoms with Crippen LogP contribution in [-0.2, 0) is 6.61 Å². The Labute approximate surface area is 138 Å². The molecule has 3 rings (SSSR count). The summed E-state index contributed by atoms with van der Waals surface area (Å²) in [6, 6.07) is 15.2. The summed E-state index contributed by atoms with van der Waals surface area (Å²) in [6.07, 6.45) is 0. The lowest BCUT2D eigenvalue weighted by molar-refractivity contribution is 0.230. The monoisotopic (exact) mass is 327 g/mol. The number of anilines is 1. The van der Waals surface area contributed by atoms with Crippen molar-refractivity contribution in [3.63, 3.8) is 0 Å². The van der Waals surface area contributed by atoms with Crippen molar-refractivity contribution in [1.29, 1.82) is 0 Å². The molecule has 0 aliphatic heterocycles. The van der Waals surface area contributed by atoms with E-state index in [1.807, 2.05) is 42.5 Å². The van der Waals surface area contributed by atoms with Crippen molar-refractivity contribution in [1.82, 2.24) is 9.88 Å². The van der Waals surface area contributed by atoms with Crippen LogP contribution in [-0.4, -0.2) is 30.0 Å². The maximum atomic E-state index is 11.6. The first kappa shape index (κ1) is 15.3. The van der Waals surface area contributed by atoms with Gasteiger partial charge in [0.25, 0.3) is 0 Å². The van der Waals surface area contributed by atoms with Gasteiger partial charge in [0.05, 0.1) is 10.2 Å². The van der Waals surface area contributed by atoms with Gasteiger partial charge in [0.1, 0.15) is 17.4 Å². The molecule has 2 amide bonds. The fourth-order valence-electron chi connectivity index (χ4n) is 2.00. The molecule has 0 saturated heterocycles. The first-order valence-electron chi connectivity index (χ1n) is 7.17. The third-order valence-corrected chi connectivity index (χ3v) is 4.22. The minimum Gasteiger partial charge on any atom is -0.486 e. The van der Waals surface area contributed by atoms with E-state index in [4.69, 9.17) is 4.74 Å². The molecule has 1 N–H and O–H groups in total. The third-order valence-electron chi connectivity index (χ3n) is 3.21. The van der Waals surface area contributed by atoms with Crippen LogP contribution < -0.4 is 10.1 Å². The molecular weight excluding hydrogens is 310 g/mol. The molecule has 0 spiro atoms. The SMILES string of the molecule is CN(C)C(=O)Nc1ccc(OCc2nc3ccccc3s2)cc1. The predicted molar refractivity (Wildman–Crippen MR) is 93.1 cm³/mol. The topological polar surface area (TPSA) is 54.5 Å². The first-order valence-corrected chi connectivity index (χ1v) is 7.99. The number of benzene rings is 2.